The zero-order valence-corrected chi connectivity index (χ0v) is 8.99. The molecule has 2 aromatic heterocycles. The highest BCUT2D eigenvalue weighted by atomic mass is 19.4. The predicted octanol–water partition coefficient (Wildman–Crippen LogP) is 1.53. The number of H-pyrrole nitrogens is 1. The third kappa shape index (κ3) is 1.94. The van der Waals surface area contributed by atoms with E-state index in [1.54, 1.807) is 0 Å². The average molecular weight is 260 g/mol. The molecule has 0 bridgehead atoms. The molecule has 0 atom stereocenters. The van der Waals surface area contributed by atoms with Crippen molar-refractivity contribution < 1.29 is 23.1 Å². The lowest BCUT2D eigenvalue weighted by Crippen LogP contribution is -2.06. The Hall–Kier alpha value is -2.32. The number of aromatic nitrogens is 4. The van der Waals surface area contributed by atoms with E-state index in [1.807, 2.05) is 0 Å². The van der Waals surface area contributed by atoms with Crippen molar-refractivity contribution in [3.8, 4) is 11.4 Å². The fourth-order valence-corrected chi connectivity index (χ4v) is 1.48. The van der Waals surface area contributed by atoms with Crippen molar-refractivity contribution in [3.63, 3.8) is 0 Å². The summed E-state index contributed by atoms with van der Waals surface area (Å²) in [5.41, 5.74) is -1.33. The summed E-state index contributed by atoms with van der Waals surface area (Å²) in [6, 6.07) is 0.764. The van der Waals surface area contributed by atoms with Crippen LogP contribution in [0.25, 0.3) is 11.4 Å². The topological polar surface area (TPSA) is 83.8 Å². The molecular weight excluding hydrogens is 253 g/mol. The molecule has 0 saturated carbocycles. The van der Waals surface area contributed by atoms with Gasteiger partial charge in [-0.3, -0.25) is 9.78 Å². The van der Waals surface area contributed by atoms with E-state index in [0.717, 1.165) is 16.9 Å². The molecule has 18 heavy (non-hydrogen) atoms. The Balaban J connectivity index is 2.55. The molecule has 0 saturated heterocycles. The van der Waals surface area contributed by atoms with Crippen LogP contribution in [0.2, 0.25) is 0 Å². The van der Waals surface area contributed by atoms with Crippen molar-refractivity contribution in [1.29, 1.82) is 0 Å². The van der Waals surface area contributed by atoms with E-state index >= 15 is 0 Å². The number of hydrogen-bond donors (Lipinski definition) is 2. The van der Waals surface area contributed by atoms with Crippen LogP contribution in [0.1, 0.15) is 16.1 Å². The number of rotatable bonds is 2. The van der Waals surface area contributed by atoms with Gasteiger partial charge in [0, 0.05) is 7.05 Å². The van der Waals surface area contributed by atoms with Gasteiger partial charge in [0.1, 0.15) is 5.56 Å². The number of halogens is 3. The Kier molecular flexibility index (Phi) is 2.60. The maximum atomic E-state index is 12.5. The molecule has 2 N–H and O–H groups in total. The first-order valence-corrected chi connectivity index (χ1v) is 4.69. The van der Waals surface area contributed by atoms with Crippen LogP contribution in [0.15, 0.2) is 12.3 Å². The average Bonchev–Trinajstić information content (AvgIpc) is 2.81. The van der Waals surface area contributed by atoms with Crippen molar-refractivity contribution in [2.75, 3.05) is 0 Å². The summed E-state index contributed by atoms with van der Waals surface area (Å²) in [4.78, 5) is 10.9. The van der Waals surface area contributed by atoms with Crippen molar-refractivity contribution in [1.82, 2.24) is 20.0 Å². The molecule has 2 rings (SSSR count). The van der Waals surface area contributed by atoms with E-state index in [-0.39, 0.29) is 17.0 Å². The summed E-state index contributed by atoms with van der Waals surface area (Å²) >= 11 is 0. The lowest BCUT2D eigenvalue weighted by molar-refractivity contribution is -0.141. The van der Waals surface area contributed by atoms with Crippen molar-refractivity contribution in [2.45, 2.75) is 6.18 Å². The lowest BCUT2D eigenvalue weighted by atomic mass is 10.2. The predicted molar refractivity (Wildman–Crippen MR) is 52.8 cm³/mol. The Bertz CT molecular complexity index is 599. The van der Waals surface area contributed by atoms with E-state index in [4.69, 9.17) is 5.11 Å². The van der Waals surface area contributed by atoms with Gasteiger partial charge in [0.05, 0.1) is 17.6 Å². The number of carboxylic acids is 1. The largest absolute Gasteiger partial charge is 0.478 e. The molecule has 0 unspecified atom stereocenters. The third-order valence-corrected chi connectivity index (χ3v) is 2.30. The smallest absolute Gasteiger partial charge is 0.435 e. The maximum Gasteiger partial charge on any atom is 0.435 e. The highest BCUT2D eigenvalue weighted by Gasteiger charge is 2.35. The molecule has 0 aliphatic carbocycles. The minimum absolute atomic E-state index is 0.00257. The van der Waals surface area contributed by atoms with Gasteiger partial charge in [-0.15, -0.1) is 0 Å². The lowest BCUT2D eigenvalue weighted by Gasteiger charge is -1.99. The Morgan fingerprint density at radius 3 is 2.67 bits per heavy atom. The van der Waals surface area contributed by atoms with Crippen molar-refractivity contribution >= 4 is 5.97 Å². The molecule has 2 heterocycles. The monoisotopic (exact) mass is 260 g/mol. The number of aryl methyl sites for hydroxylation is 1. The molecule has 0 aromatic carbocycles. The molecular formula is C9H7F3N4O2. The van der Waals surface area contributed by atoms with Gasteiger partial charge in [-0.1, -0.05) is 0 Å². The number of nitrogens with zero attached hydrogens (tertiary/aromatic N) is 3. The van der Waals surface area contributed by atoms with Gasteiger partial charge in [0.15, 0.2) is 5.69 Å². The second-order valence-corrected chi connectivity index (χ2v) is 3.50. The van der Waals surface area contributed by atoms with Gasteiger partial charge in [-0.05, 0) is 6.07 Å². The van der Waals surface area contributed by atoms with Gasteiger partial charge < -0.3 is 5.11 Å². The van der Waals surface area contributed by atoms with Crippen LogP contribution in [0.3, 0.4) is 0 Å². The Morgan fingerprint density at radius 1 is 1.50 bits per heavy atom. The highest BCUT2D eigenvalue weighted by Crippen LogP contribution is 2.31. The van der Waals surface area contributed by atoms with Crippen LogP contribution < -0.4 is 0 Å². The molecule has 0 spiro atoms. The number of hydrogen-bond acceptors (Lipinski definition) is 3. The van der Waals surface area contributed by atoms with Crippen LogP contribution in [0.4, 0.5) is 13.2 Å². The summed E-state index contributed by atoms with van der Waals surface area (Å²) in [7, 11) is 1.29. The summed E-state index contributed by atoms with van der Waals surface area (Å²) in [5, 5.41) is 18.0. The Labute approximate surface area is 98.0 Å². The van der Waals surface area contributed by atoms with E-state index in [2.05, 4.69) is 15.3 Å². The zero-order chi connectivity index (χ0) is 13.5. The minimum atomic E-state index is -4.58. The van der Waals surface area contributed by atoms with Crippen molar-refractivity contribution in [2.24, 2.45) is 7.05 Å². The number of aromatic amines is 1. The molecule has 2 aromatic rings. The summed E-state index contributed by atoms with van der Waals surface area (Å²) in [6.07, 6.45) is -3.56. The molecule has 0 fully saturated rings. The summed E-state index contributed by atoms with van der Waals surface area (Å²) in [5.74, 6) is -1.28. The first-order chi connectivity index (χ1) is 8.30. The van der Waals surface area contributed by atoms with Crippen LogP contribution in [0, 0.1) is 0 Å². The van der Waals surface area contributed by atoms with Crippen molar-refractivity contribution in [3.05, 3.63) is 23.5 Å². The normalized spacial score (nSPS) is 11.8. The van der Waals surface area contributed by atoms with E-state index in [0.29, 0.717) is 0 Å². The first-order valence-electron chi connectivity index (χ1n) is 4.69. The number of alkyl halides is 3. The van der Waals surface area contributed by atoms with Gasteiger partial charge in [-0.2, -0.15) is 23.4 Å². The molecule has 9 heteroatoms. The second kappa shape index (κ2) is 3.86. The van der Waals surface area contributed by atoms with Crippen LogP contribution >= 0.6 is 0 Å². The Morgan fingerprint density at radius 2 is 2.17 bits per heavy atom. The zero-order valence-electron chi connectivity index (χ0n) is 8.99. The number of carboxylic acid groups (broad SMARTS) is 1. The molecule has 0 aliphatic rings. The number of nitrogens with one attached hydrogen (secondary N) is 1. The van der Waals surface area contributed by atoms with Gasteiger partial charge in [-0.25, -0.2) is 4.79 Å². The minimum Gasteiger partial charge on any atom is -0.478 e. The number of carbonyl (C=O) groups is 1. The van der Waals surface area contributed by atoms with E-state index in [9.17, 15) is 18.0 Å². The van der Waals surface area contributed by atoms with Crippen LogP contribution in [-0.2, 0) is 13.2 Å². The van der Waals surface area contributed by atoms with Gasteiger partial charge >= 0.3 is 12.1 Å². The third-order valence-electron chi connectivity index (χ3n) is 2.30. The molecule has 6 nitrogen and oxygen atoms in total. The summed E-state index contributed by atoms with van der Waals surface area (Å²) in [6.45, 7) is 0. The van der Waals surface area contributed by atoms with E-state index in [1.165, 1.54) is 7.05 Å². The standard InChI is InChI=1S/C9H7F3N4O2/c1-16-5(2-6(15-16)9(10,11)12)7-4(8(17)18)3-13-14-7/h2-3H,1H3,(H,13,14)(H,17,18). The van der Waals surface area contributed by atoms with E-state index < -0.39 is 17.8 Å². The fourth-order valence-electron chi connectivity index (χ4n) is 1.48. The molecule has 96 valence electrons. The maximum absolute atomic E-state index is 12.5. The number of aromatic carboxylic acids is 1. The second-order valence-electron chi connectivity index (χ2n) is 3.50. The first kappa shape index (κ1) is 12.1. The van der Waals surface area contributed by atoms with Gasteiger partial charge in [0.2, 0.25) is 0 Å². The highest BCUT2D eigenvalue weighted by molar-refractivity contribution is 5.94. The summed E-state index contributed by atoms with van der Waals surface area (Å²) < 4.78 is 38.3. The quantitative estimate of drug-likeness (QED) is 0.857. The SMILES string of the molecule is Cn1nc(C(F)(F)F)cc1-c1[nH]ncc1C(=O)O. The molecule has 0 aliphatic heterocycles. The fraction of sp³-hybridized carbons (Fsp3) is 0.222. The molecule has 0 radical (unpaired) electrons. The van der Waals surface area contributed by atoms with Gasteiger partial charge in [0.25, 0.3) is 0 Å². The molecule has 0 amide bonds. The van der Waals surface area contributed by atoms with Crippen LogP contribution in [0.5, 0.6) is 0 Å². The van der Waals surface area contributed by atoms with Crippen LogP contribution in [-0.4, -0.2) is 31.1 Å².